The van der Waals surface area contributed by atoms with Gasteiger partial charge in [0.2, 0.25) is 5.91 Å². The van der Waals surface area contributed by atoms with E-state index in [1.165, 1.54) is 6.42 Å². The molecule has 8 heteroatoms. The summed E-state index contributed by atoms with van der Waals surface area (Å²) in [6, 6.07) is 24.0. The number of carbonyl (C=O) groups excluding carboxylic acids is 3. The lowest BCUT2D eigenvalue weighted by Crippen LogP contribution is -2.53. The number of hydrogen-bond donors (Lipinski definition) is 2. The third kappa shape index (κ3) is 11.9. The quantitative estimate of drug-likeness (QED) is 0.161. The maximum absolute atomic E-state index is 14.6. The molecule has 0 bridgehead atoms. The molecule has 2 unspecified atom stereocenters. The van der Waals surface area contributed by atoms with E-state index >= 15 is 0 Å². The monoisotopic (exact) mass is 615 g/mol. The van der Waals surface area contributed by atoms with E-state index in [1.807, 2.05) is 60.7 Å². The van der Waals surface area contributed by atoms with Gasteiger partial charge < -0.3 is 25.0 Å². The van der Waals surface area contributed by atoms with Crippen LogP contribution in [0.15, 0.2) is 84.9 Å². The molecule has 8 nitrogen and oxygen atoms in total. The zero-order chi connectivity index (χ0) is 32.7. The average molecular weight is 616 g/mol. The van der Waals surface area contributed by atoms with Crippen LogP contribution in [-0.4, -0.2) is 48.1 Å². The standard InChI is InChI=1S/C37H49N3O5/c1-6-7-8-9-10-17-26-40(35(42)32(27-28-18-13-11-14-19-28)39-36(43)45-37(2,3)4)33(29-20-15-12-16-21-29)34(41)38-30-22-24-31(44-5)25-23-30/h11-16,18-25,32-33H,6-10,17,26-27H2,1-5H3,(H,38,41)(H,39,43). The number of hydrogen-bond acceptors (Lipinski definition) is 5. The molecule has 242 valence electrons. The van der Waals surface area contributed by atoms with Gasteiger partial charge in [-0.15, -0.1) is 0 Å². The van der Waals surface area contributed by atoms with Gasteiger partial charge in [0, 0.05) is 18.7 Å². The lowest BCUT2D eigenvalue weighted by molar-refractivity contribution is -0.140. The summed E-state index contributed by atoms with van der Waals surface area (Å²) in [5.74, 6) is -0.0251. The van der Waals surface area contributed by atoms with Gasteiger partial charge in [0.25, 0.3) is 5.91 Å². The lowest BCUT2D eigenvalue weighted by Gasteiger charge is -2.34. The number of amides is 3. The van der Waals surface area contributed by atoms with Crippen LogP contribution in [0.2, 0.25) is 0 Å². The summed E-state index contributed by atoms with van der Waals surface area (Å²) in [6.07, 6.45) is 5.69. The van der Waals surface area contributed by atoms with E-state index in [2.05, 4.69) is 17.6 Å². The Morgan fingerprint density at radius 1 is 0.800 bits per heavy atom. The van der Waals surface area contributed by atoms with Crippen molar-refractivity contribution in [1.82, 2.24) is 10.2 Å². The van der Waals surface area contributed by atoms with Crippen molar-refractivity contribution in [2.45, 2.75) is 90.3 Å². The van der Waals surface area contributed by atoms with E-state index in [9.17, 15) is 14.4 Å². The second-order valence-electron chi connectivity index (χ2n) is 12.2. The number of nitrogens with zero attached hydrogens (tertiary/aromatic N) is 1. The van der Waals surface area contributed by atoms with Gasteiger partial charge in [-0.25, -0.2) is 4.79 Å². The minimum Gasteiger partial charge on any atom is -0.497 e. The van der Waals surface area contributed by atoms with Crippen LogP contribution in [0.4, 0.5) is 10.5 Å². The number of anilines is 1. The molecule has 0 saturated carbocycles. The summed E-state index contributed by atoms with van der Waals surface area (Å²) in [4.78, 5) is 43.4. The Hall–Kier alpha value is -4.33. The van der Waals surface area contributed by atoms with Crippen LogP contribution in [0, 0.1) is 0 Å². The Morgan fingerprint density at radius 2 is 1.40 bits per heavy atom. The molecule has 2 atom stereocenters. The predicted octanol–water partition coefficient (Wildman–Crippen LogP) is 7.70. The molecule has 0 radical (unpaired) electrons. The number of carbonyl (C=O) groups is 3. The maximum atomic E-state index is 14.6. The minimum absolute atomic E-state index is 0.244. The van der Waals surface area contributed by atoms with Gasteiger partial charge in [-0.1, -0.05) is 99.7 Å². The van der Waals surface area contributed by atoms with E-state index < -0.39 is 23.8 Å². The van der Waals surface area contributed by atoms with Crippen LogP contribution in [0.5, 0.6) is 5.75 Å². The fourth-order valence-corrected chi connectivity index (χ4v) is 5.12. The number of unbranched alkanes of at least 4 members (excludes halogenated alkanes) is 5. The summed E-state index contributed by atoms with van der Waals surface area (Å²) < 4.78 is 10.8. The fraction of sp³-hybridized carbons (Fsp3) is 0.432. The van der Waals surface area contributed by atoms with Crippen molar-refractivity contribution >= 4 is 23.6 Å². The first kappa shape index (κ1) is 35.2. The number of alkyl carbamates (subject to hydrolysis) is 1. The molecule has 2 N–H and O–H groups in total. The van der Waals surface area contributed by atoms with Crippen molar-refractivity contribution in [2.24, 2.45) is 0 Å². The number of ether oxygens (including phenoxy) is 2. The van der Waals surface area contributed by atoms with Crippen molar-refractivity contribution in [3.8, 4) is 5.75 Å². The normalized spacial score (nSPS) is 12.5. The van der Waals surface area contributed by atoms with E-state index in [4.69, 9.17) is 9.47 Å². The molecule has 0 aliphatic rings. The van der Waals surface area contributed by atoms with Crippen LogP contribution in [0.25, 0.3) is 0 Å². The highest BCUT2D eigenvalue weighted by molar-refractivity contribution is 5.99. The number of benzene rings is 3. The van der Waals surface area contributed by atoms with E-state index in [1.54, 1.807) is 57.0 Å². The van der Waals surface area contributed by atoms with Crippen LogP contribution in [0.3, 0.4) is 0 Å². The molecule has 0 heterocycles. The number of nitrogens with one attached hydrogen (secondary N) is 2. The molecule has 3 aromatic carbocycles. The first-order valence-corrected chi connectivity index (χ1v) is 15.9. The second kappa shape index (κ2) is 17.8. The topological polar surface area (TPSA) is 97.0 Å². The zero-order valence-corrected chi connectivity index (χ0v) is 27.4. The maximum Gasteiger partial charge on any atom is 0.408 e. The molecule has 0 fully saturated rings. The molecule has 0 aliphatic heterocycles. The average Bonchev–Trinajstić information content (AvgIpc) is 3.02. The lowest BCUT2D eigenvalue weighted by atomic mass is 9.99. The first-order chi connectivity index (χ1) is 21.6. The van der Waals surface area contributed by atoms with Crippen molar-refractivity contribution in [3.05, 3.63) is 96.1 Å². The smallest absolute Gasteiger partial charge is 0.408 e. The van der Waals surface area contributed by atoms with Crippen LogP contribution < -0.4 is 15.4 Å². The number of methoxy groups -OCH3 is 1. The van der Waals surface area contributed by atoms with E-state index in [0.717, 1.165) is 37.7 Å². The van der Waals surface area contributed by atoms with E-state index in [0.29, 0.717) is 23.5 Å². The molecular formula is C37H49N3O5. The summed E-state index contributed by atoms with van der Waals surface area (Å²) in [7, 11) is 1.59. The SMILES string of the molecule is CCCCCCCCN(C(=O)C(Cc1ccccc1)NC(=O)OC(C)(C)C)C(C(=O)Nc1ccc(OC)cc1)c1ccccc1. The molecule has 3 aromatic rings. The van der Waals surface area contributed by atoms with Gasteiger partial charge >= 0.3 is 6.09 Å². The highest BCUT2D eigenvalue weighted by atomic mass is 16.6. The van der Waals surface area contributed by atoms with Gasteiger partial charge in [0.05, 0.1) is 7.11 Å². The zero-order valence-electron chi connectivity index (χ0n) is 27.4. The van der Waals surface area contributed by atoms with E-state index in [-0.39, 0.29) is 18.2 Å². The third-order valence-electron chi connectivity index (χ3n) is 7.34. The predicted molar refractivity (Wildman–Crippen MR) is 179 cm³/mol. The summed E-state index contributed by atoms with van der Waals surface area (Å²) in [5, 5.41) is 5.84. The molecule has 0 spiro atoms. The van der Waals surface area contributed by atoms with Crippen molar-refractivity contribution < 1.29 is 23.9 Å². The Kier molecular flexibility index (Phi) is 13.9. The van der Waals surface area contributed by atoms with Crippen LogP contribution in [-0.2, 0) is 20.7 Å². The van der Waals surface area contributed by atoms with Crippen molar-refractivity contribution in [2.75, 3.05) is 19.0 Å². The molecule has 0 saturated heterocycles. The Balaban J connectivity index is 2.00. The first-order valence-electron chi connectivity index (χ1n) is 15.9. The molecular weight excluding hydrogens is 566 g/mol. The van der Waals surface area contributed by atoms with Gasteiger partial charge in [-0.3, -0.25) is 9.59 Å². The Labute approximate surface area is 268 Å². The highest BCUT2D eigenvalue weighted by Crippen LogP contribution is 2.26. The molecule has 0 aromatic heterocycles. The molecule has 3 rings (SSSR count). The Morgan fingerprint density at radius 3 is 2.00 bits per heavy atom. The van der Waals surface area contributed by atoms with Gasteiger partial charge in [-0.05, 0) is 62.6 Å². The summed E-state index contributed by atoms with van der Waals surface area (Å²) >= 11 is 0. The number of rotatable bonds is 16. The highest BCUT2D eigenvalue weighted by Gasteiger charge is 2.36. The second-order valence-corrected chi connectivity index (χ2v) is 12.2. The van der Waals surface area contributed by atoms with Crippen molar-refractivity contribution in [3.63, 3.8) is 0 Å². The largest absolute Gasteiger partial charge is 0.497 e. The Bertz CT molecular complexity index is 1320. The molecule has 0 aliphatic carbocycles. The van der Waals surface area contributed by atoms with Crippen LogP contribution >= 0.6 is 0 Å². The van der Waals surface area contributed by atoms with Gasteiger partial charge in [0.1, 0.15) is 23.4 Å². The molecule has 3 amide bonds. The van der Waals surface area contributed by atoms with Crippen LogP contribution in [0.1, 0.15) is 83.4 Å². The minimum atomic E-state index is -0.956. The molecule has 45 heavy (non-hydrogen) atoms. The summed E-state index contributed by atoms with van der Waals surface area (Å²) in [6.45, 7) is 7.86. The summed E-state index contributed by atoms with van der Waals surface area (Å²) in [5.41, 5.74) is 1.40. The third-order valence-corrected chi connectivity index (χ3v) is 7.34. The van der Waals surface area contributed by atoms with Crippen molar-refractivity contribution in [1.29, 1.82) is 0 Å². The fourth-order valence-electron chi connectivity index (χ4n) is 5.12. The van der Waals surface area contributed by atoms with Gasteiger partial charge in [-0.2, -0.15) is 0 Å². The van der Waals surface area contributed by atoms with Gasteiger partial charge in [0.15, 0.2) is 0 Å².